The van der Waals surface area contributed by atoms with Crippen LogP contribution in [0.15, 0.2) is 18.7 Å². The second kappa shape index (κ2) is 6.05. The lowest BCUT2D eigenvalue weighted by Crippen LogP contribution is -2.57. The molecule has 0 aromatic carbocycles. The van der Waals surface area contributed by atoms with Gasteiger partial charge >= 0.3 is 0 Å². The van der Waals surface area contributed by atoms with E-state index in [-0.39, 0.29) is 17.5 Å². The summed E-state index contributed by atoms with van der Waals surface area (Å²) in [5.41, 5.74) is 2.12. The fourth-order valence-corrected chi connectivity index (χ4v) is 4.13. The highest BCUT2D eigenvalue weighted by Crippen LogP contribution is 2.41. The van der Waals surface area contributed by atoms with Crippen molar-refractivity contribution in [1.29, 1.82) is 0 Å². The molecule has 24 heavy (non-hydrogen) atoms. The fourth-order valence-electron chi connectivity index (χ4n) is 4.13. The second-order valence-electron chi connectivity index (χ2n) is 6.88. The molecule has 7 nitrogen and oxygen atoms in total. The van der Waals surface area contributed by atoms with Gasteiger partial charge in [-0.15, -0.1) is 0 Å². The van der Waals surface area contributed by atoms with Crippen molar-refractivity contribution in [3.05, 3.63) is 35.9 Å². The first-order valence-corrected chi connectivity index (χ1v) is 8.74. The van der Waals surface area contributed by atoms with Crippen LogP contribution >= 0.6 is 0 Å². The highest BCUT2D eigenvalue weighted by molar-refractivity contribution is 5.82. The Morgan fingerprint density at radius 2 is 2.25 bits per heavy atom. The lowest BCUT2D eigenvalue weighted by atomic mass is 9.85. The fraction of sp³-hybridized carbons (Fsp3) is 0.588. The van der Waals surface area contributed by atoms with Crippen molar-refractivity contribution in [2.75, 3.05) is 6.54 Å². The van der Waals surface area contributed by atoms with E-state index in [4.69, 9.17) is 0 Å². The molecule has 128 valence electrons. The van der Waals surface area contributed by atoms with Gasteiger partial charge in [0.25, 0.3) is 0 Å². The number of hydrogen-bond acceptors (Lipinski definition) is 4. The zero-order valence-electron chi connectivity index (χ0n) is 14.0. The van der Waals surface area contributed by atoms with E-state index in [0.29, 0.717) is 13.0 Å². The molecule has 2 aromatic rings. The van der Waals surface area contributed by atoms with E-state index in [1.165, 1.54) is 12.8 Å². The number of amides is 1. The third-order valence-electron chi connectivity index (χ3n) is 5.38. The number of nitrogens with zero attached hydrogens (tertiary/aromatic N) is 3. The third-order valence-corrected chi connectivity index (χ3v) is 5.38. The van der Waals surface area contributed by atoms with E-state index in [9.17, 15) is 4.79 Å². The molecule has 0 saturated heterocycles. The highest BCUT2D eigenvalue weighted by Gasteiger charge is 2.45. The van der Waals surface area contributed by atoms with Crippen LogP contribution in [0.25, 0.3) is 0 Å². The van der Waals surface area contributed by atoms with Crippen LogP contribution in [0.5, 0.6) is 0 Å². The number of nitrogens with one attached hydrogen (secondary N) is 3. The molecule has 2 aliphatic rings. The average Bonchev–Trinajstić information content (AvgIpc) is 3.30. The number of fused-ring (bicyclic) bond motifs is 2. The van der Waals surface area contributed by atoms with Crippen LogP contribution in [-0.2, 0) is 23.3 Å². The number of aromatic nitrogens is 4. The molecule has 0 unspecified atom stereocenters. The molecular formula is C17H24N6O. The zero-order chi connectivity index (χ0) is 16.6. The predicted octanol–water partition coefficient (Wildman–Crippen LogP) is 1.01. The van der Waals surface area contributed by atoms with Crippen molar-refractivity contribution in [3.8, 4) is 0 Å². The molecule has 1 amide bonds. The number of aromatic amines is 1. The summed E-state index contributed by atoms with van der Waals surface area (Å²) in [4.78, 5) is 24.6. The van der Waals surface area contributed by atoms with Gasteiger partial charge in [0.1, 0.15) is 5.82 Å². The van der Waals surface area contributed by atoms with Crippen LogP contribution in [-0.4, -0.2) is 38.0 Å². The molecule has 1 atom stereocenters. The Labute approximate surface area is 141 Å². The van der Waals surface area contributed by atoms with Gasteiger partial charge in [0, 0.05) is 37.6 Å². The zero-order valence-corrected chi connectivity index (χ0v) is 14.0. The third kappa shape index (κ3) is 2.62. The van der Waals surface area contributed by atoms with Crippen molar-refractivity contribution in [2.45, 2.75) is 57.2 Å². The van der Waals surface area contributed by atoms with Crippen molar-refractivity contribution in [1.82, 2.24) is 30.2 Å². The minimum absolute atomic E-state index is 0.0688. The second-order valence-corrected chi connectivity index (χ2v) is 6.88. The first kappa shape index (κ1) is 15.4. The Morgan fingerprint density at radius 3 is 3.00 bits per heavy atom. The van der Waals surface area contributed by atoms with E-state index < -0.39 is 0 Å². The van der Waals surface area contributed by atoms with Gasteiger partial charge in [-0.25, -0.2) is 9.97 Å². The number of H-pyrrole nitrogens is 1. The summed E-state index contributed by atoms with van der Waals surface area (Å²) in [6.45, 7) is 3.32. The van der Waals surface area contributed by atoms with Crippen LogP contribution in [0.4, 0.5) is 0 Å². The number of rotatable bonds is 4. The van der Waals surface area contributed by atoms with Crippen LogP contribution in [0.2, 0.25) is 0 Å². The van der Waals surface area contributed by atoms with E-state index in [0.717, 1.165) is 36.6 Å². The topological polar surface area (TPSA) is 87.6 Å². The van der Waals surface area contributed by atoms with Crippen LogP contribution in [0.3, 0.4) is 0 Å². The normalized spacial score (nSPS) is 21.8. The summed E-state index contributed by atoms with van der Waals surface area (Å²) < 4.78 is 2.04. The van der Waals surface area contributed by atoms with Crippen LogP contribution in [0.1, 0.15) is 42.9 Å². The molecule has 0 bridgehead atoms. The number of carbonyl (C=O) groups excluding carboxylic acids is 1. The summed E-state index contributed by atoms with van der Waals surface area (Å²) in [6.07, 6.45) is 10.6. The van der Waals surface area contributed by atoms with Gasteiger partial charge in [-0.2, -0.15) is 0 Å². The Balaban J connectivity index is 1.41. The van der Waals surface area contributed by atoms with Crippen LogP contribution in [0, 0.1) is 6.92 Å². The highest BCUT2D eigenvalue weighted by atomic mass is 16.2. The number of imidazole rings is 2. The molecule has 1 aliphatic heterocycles. The number of aryl methyl sites for hydroxylation is 1. The summed E-state index contributed by atoms with van der Waals surface area (Å²) in [5.74, 6) is 1.03. The minimum Gasteiger partial charge on any atom is -0.353 e. The van der Waals surface area contributed by atoms with Gasteiger partial charge in [-0.05, 0) is 19.8 Å². The number of hydrogen-bond donors (Lipinski definition) is 3. The molecular weight excluding hydrogens is 304 g/mol. The summed E-state index contributed by atoms with van der Waals surface area (Å²) in [6, 6.07) is -0.195. The van der Waals surface area contributed by atoms with Gasteiger partial charge in [-0.1, -0.05) is 12.8 Å². The smallest absolute Gasteiger partial charge is 0.237 e. The van der Waals surface area contributed by atoms with Gasteiger partial charge in [-0.3, -0.25) is 10.1 Å². The molecule has 1 aliphatic carbocycles. The first-order chi connectivity index (χ1) is 11.7. The van der Waals surface area contributed by atoms with E-state index >= 15 is 0 Å². The lowest BCUT2D eigenvalue weighted by Gasteiger charge is -2.38. The maximum absolute atomic E-state index is 12.7. The Kier molecular flexibility index (Phi) is 3.88. The summed E-state index contributed by atoms with van der Waals surface area (Å²) >= 11 is 0. The van der Waals surface area contributed by atoms with E-state index in [1.54, 1.807) is 12.5 Å². The molecule has 3 N–H and O–H groups in total. The van der Waals surface area contributed by atoms with Gasteiger partial charge in [0.05, 0.1) is 23.6 Å². The largest absolute Gasteiger partial charge is 0.353 e. The SMILES string of the molecule is Cc1nccn1CCNC(=O)[C@@H]1Cc2[nH]cnc2C2(CCCC2)N1. The molecule has 4 rings (SSSR count). The Bertz CT molecular complexity index is 727. The predicted molar refractivity (Wildman–Crippen MR) is 89.3 cm³/mol. The van der Waals surface area contributed by atoms with Gasteiger partial charge < -0.3 is 14.9 Å². The van der Waals surface area contributed by atoms with Crippen molar-refractivity contribution < 1.29 is 4.79 Å². The molecule has 0 radical (unpaired) electrons. The molecule has 1 saturated carbocycles. The standard InChI is InChI=1S/C17H24N6O/c1-12-18-6-8-23(12)9-7-19-16(24)14-10-13-15(21-11-20-13)17(22-14)4-2-3-5-17/h6,8,11,14,22H,2-5,7,9-10H2,1H3,(H,19,24)(H,20,21)/t14-/m0/s1. The Hall–Kier alpha value is -2.15. The molecule has 7 heteroatoms. The lowest BCUT2D eigenvalue weighted by molar-refractivity contribution is -0.124. The van der Waals surface area contributed by atoms with Crippen molar-refractivity contribution in [3.63, 3.8) is 0 Å². The van der Waals surface area contributed by atoms with Gasteiger partial charge in [0.2, 0.25) is 5.91 Å². The Morgan fingerprint density at radius 1 is 1.42 bits per heavy atom. The molecule has 1 spiro atoms. The maximum Gasteiger partial charge on any atom is 0.237 e. The molecule has 3 heterocycles. The average molecular weight is 328 g/mol. The quantitative estimate of drug-likeness (QED) is 0.782. The monoisotopic (exact) mass is 328 g/mol. The van der Waals surface area contributed by atoms with E-state index in [2.05, 4.69) is 25.6 Å². The van der Waals surface area contributed by atoms with Crippen molar-refractivity contribution >= 4 is 5.91 Å². The number of carbonyl (C=O) groups is 1. The van der Waals surface area contributed by atoms with Crippen molar-refractivity contribution in [2.24, 2.45) is 0 Å². The van der Waals surface area contributed by atoms with Gasteiger partial charge in [0.15, 0.2) is 0 Å². The van der Waals surface area contributed by atoms with E-state index in [1.807, 2.05) is 17.7 Å². The summed E-state index contributed by atoms with van der Waals surface area (Å²) in [7, 11) is 0. The maximum atomic E-state index is 12.7. The molecule has 1 fully saturated rings. The van der Waals surface area contributed by atoms with Crippen LogP contribution < -0.4 is 10.6 Å². The minimum atomic E-state index is -0.195. The first-order valence-electron chi connectivity index (χ1n) is 8.74. The molecule has 2 aromatic heterocycles. The summed E-state index contributed by atoms with van der Waals surface area (Å²) in [5, 5.41) is 6.68.